The van der Waals surface area contributed by atoms with E-state index in [-0.39, 0.29) is 17.6 Å². The summed E-state index contributed by atoms with van der Waals surface area (Å²) in [7, 11) is 1.87. The van der Waals surface area contributed by atoms with E-state index in [4.69, 9.17) is 4.52 Å². The highest BCUT2D eigenvalue weighted by atomic mass is 16.5. The van der Waals surface area contributed by atoms with Gasteiger partial charge in [-0.1, -0.05) is 42.4 Å². The fraction of sp³-hybridized carbons (Fsp3) is 0.435. The Morgan fingerprint density at radius 3 is 2.67 bits per heavy atom. The molecule has 0 spiro atoms. The zero-order valence-corrected chi connectivity index (χ0v) is 17.8. The van der Waals surface area contributed by atoms with Gasteiger partial charge in [-0.05, 0) is 44.3 Å². The van der Waals surface area contributed by atoms with Gasteiger partial charge in [0.25, 0.3) is 5.91 Å². The van der Waals surface area contributed by atoms with Crippen molar-refractivity contribution in [2.75, 3.05) is 19.6 Å². The van der Waals surface area contributed by atoms with Gasteiger partial charge in [0.1, 0.15) is 0 Å². The van der Waals surface area contributed by atoms with Crippen molar-refractivity contribution in [1.82, 2.24) is 25.2 Å². The summed E-state index contributed by atoms with van der Waals surface area (Å²) in [6, 6.07) is 12.2. The molecule has 1 aliphatic rings. The highest BCUT2D eigenvalue weighted by Gasteiger charge is 2.26. The van der Waals surface area contributed by atoms with Gasteiger partial charge in [0.2, 0.25) is 0 Å². The maximum atomic E-state index is 12.8. The molecule has 1 fully saturated rings. The number of rotatable bonds is 6. The second-order valence-corrected chi connectivity index (χ2v) is 8.20. The summed E-state index contributed by atoms with van der Waals surface area (Å²) in [5.41, 5.74) is 3.31. The minimum absolute atomic E-state index is 0.148. The summed E-state index contributed by atoms with van der Waals surface area (Å²) in [5, 5.41) is 11.3. The third-order valence-corrected chi connectivity index (χ3v) is 6.14. The molecule has 0 aliphatic carbocycles. The molecule has 4 rings (SSSR count). The molecule has 3 heterocycles. The molecule has 0 saturated carbocycles. The molecular weight excluding hydrogens is 378 g/mol. The van der Waals surface area contributed by atoms with Crippen LogP contribution in [0.25, 0.3) is 11.3 Å². The molecule has 1 aromatic carbocycles. The topological polar surface area (TPSA) is 76.2 Å². The first-order chi connectivity index (χ1) is 14.5. The molecule has 3 aromatic rings. The minimum Gasteiger partial charge on any atom is -0.355 e. The number of nitrogens with one attached hydrogen (secondary N) is 1. The van der Waals surface area contributed by atoms with E-state index in [0.29, 0.717) is 12.3 Å². The fourth-order valence-corrected chi connectivity index (χ4v) is 4.00. The van der Waals surface area contributed by atoms with Crippen LogP contribution in [-0.4, -0.2) is 45.4 Å². The van der Waals surface area contributed by atoms with Crippen molar-refractivity contribution in [2.24, 2.45) is 13.0 Å². The molecule has 1 unspecified atom stereocenters. The van der Waals surface area contributed by atoms with Gasteiger partial charge in [0.05, 0.1) is 17.8 Å². The maximum Gasteiger partial charge on any atom is 0.273 e. The van der Waals surface area contributed by atoms with Gasteiger partial charge in [-0.25, -0.2) is 0 Å². The highest BCUT2D eigenvalue weighted by molar-refractivity contribution is 5.93. The third-order valence-electron chi connectivity index (χ3n) is 6.14. The Bertz CT molecular complexity index is 986. The maximum absolute atomic E-state index is 12.8. The number of piperidine rings is 1. The molecule has 7 heteroatoms. The van der Waals surface area contributed by atoms with Crippen LogP contribution in [0, 0.1) is 12.8 Å². The molecule has 158 valence electrons. The lowest BCUT2D eigenvalue weighted by Crippen LogP contribution is -2.42. The van der Waals surface area contributed by atoms with Crippen LogP contribution < -0.4 is 5.32 Å². The number of carbonyl (C=O) groups excluding carboxylic acids is 1. The van der Waals surface area contributed by atoms with Crippen LogP contribution in [0.1, 0.15) is 47.6 Å². The molecule has 7 nitrogen and oxygen atoms in total. The van der Waals surface area contributed by atoms with E-state index in [2.05, 4.69) is 51.7 Å². The Balaban J connectivity index is 1.46. The van der Waals surface area contributed by atoms with Gasteiger partial charge in [-0.15, -0.1) is 0 Å². The zero-order chi connectivity index (χ0) is 21.1. The van der Waals surface area contributed by atoms with Crippen molar-refractivity contribution in [1.29, 1.82) is 0 Å². The third kappa shape index (κ3) is 4.31. The summed E-state index contributed by atoms with van der Waals surface area (Å²) < 4.78 is 7.18. The van der Waals surface area contributed by atoms with Crippen LogP contribution in [-0.2, 0) is 7.05 Å². The molecule has 1 atom stereocenters. The number of hydrogen-bond acceptors (Lipinski definition) is 5. The summed E-state index contributed by atoms with van der Waals surface area (Å²) in [6.45, 7) is 6.89. The number of nitrogens with zero attached hydrogens (tertiary/aromatic N) is 4. The first-order valence-corrected chi connectivity index (χ1v) is 10.6. The van der Waals surface area contributed by atoms with Crippen molar-refractivity contribution in [3.8, 4) is 11.3 Å². The van der Waals surface area contributed by atoms with Crippen LogP contribution in [0.3, 0.4) is 0 Å². The van der Waals surface area contributed by atoms with Crippen molar-refractivity contribution in [3.05, 3.63) is 59.5 Å². The molecule has 2 aromatic heterocycles. The SMILES string of the molecule is Cc1c(-c2cc(C(=O)NCC(c3ccccc3)N3CCC(C)CC3)no2)cnn1C. The number of likely N-dealkylation sites (tertiary alicyclic amines) is 1. The lowest BCUT2D eigenvalue weighted by molar-refractivity contribution is 0.0904. The first kappa shape index (κ1) is 20.3. The average molecular weight is 408 g/mol. The van der Waals surface area contributed by atoms with E-state index < -0.39 is 0 Å². The quantitative estimate of drug-likeness (QED) is 0.676. The molecule has 1 aliphatic heterocycles. The largest absolute Gasteiger partial charge is 0.355 e. The average Bonchev–Trinajstić information content (AvgIpc) is 3.37. The monoisotopic (exact) mass is 407 g/mol. The second kappa shape index (κ2) is 8.83. The van der Waals surface area contributed by atoms with Gasteiger partial charge in [0.15, 0.2) is 11.5 Å². The van der Waals surface area contributed by atoms with Crippen LogP contribution in [0.15, 0.2) is 47.1 Å². The number of aromatic nitrogens is 3. The van der Waals surface area contributed by atoms with Gasteiger partial charge >= 0.3 is 0 Å². The van der Waals surface area contributed by atoms with E-state index in [9.17, 15) is 4.79 Å². The van der Waals surface area contributed by atoms with Crippen LogP contribution in [0.5, 0.6) is 0 Å². The van der Waals surface area contributed by atoms with Crippen molar-refractivity contribution >= 4 is 5.91 Å². The lowest BCUT2D eigenvalue weighted by Gasteiger charge is -2.37. The summed E-state index contributed by atoms with van der Waals surface area (Å²) in [4.78, 5) is 15.3. The first-order valence-electron chi connectivity index (χ1n) is 10.6. The van der Waals surface area contributed by atoms with Gasteiger partial charge in [0, 0.05) is 25.4 Å². The van der Waals surface area contributed by atoms with E-state index in [1.54, 1.807) is 16.9 Å². The number of benzene rings is 1. The molecule has 1 amide bonds. The highest BCUT2D eigenvalue weighted by Crippen LogP contribution is 2.27. The van der Waals surface area contributed by atoms with E-state index >= 15 is 0 Å². The van der Waals surface area contributed by atoms with Gasteiger partial charge in [-0.3, -0.25) is 14.4 Å². The number of amides is 1. The number of hydrogen-bond donors (Lipinski definition) is 1. The van der Waals surface area contributed by atoms with Crippen molar-refractivity contribution in [2.45, 2.75) is 32.7 Å². The van der Waals surface area contributed by atoms with Crippen molar-refractivity contribution in [3.63, 3.8) is 0 Å². The smallest absolute Gasteiger partial charge is 0.273 e. The fourth-order valence-electron chi connectivity index (χ4n) is 4.00. The van der Waals surface area contributed by atoms with Crippen molar-refractivity contribution < 1.29 is 9.32 Å². The summed E-state index contributed by atoms with van der Waals surface area (Å²) in [5.74, 6) is 1.09. The Kier molecular flexibility index (Phi) is 5.99. The predicted molar refractivity (Wildman–Crippen MR) is 115 cm³/mol. The van der Waals surface area contributed by atoms with Gasteiger partial charge < -0.3 is 9.84 Å². The molecule has 1 saturated heterocycles. The Labute approximate surface area is 177 Å². The molecule has 30 heavy (non-hydrogen) atoms. The van der Waals surface area contributed by atoms with Crippen LogP contribution >= 0.6 is 0 Å². The standard InChI is InChI=1S/C23H29N5O2/c1-16-9-11-28(12-10-16)21(18-7-5-4-6-8-18)15-24-23(29)20-13-22(30-26-20)19-14-25-27(3)17(19)2/h4-8,13-14,16,21H,9-12,15H2,1-3H3,(H,24,29). The Morgan fingerprint density at radius 1 is 1.27 bits per heavy atom. The van der Waals surface area contributed by atoms with E-state index in [1.165, 1.54) is 18.4 Å². The van der Waals surface area contributed by atoms with E-state index in [0.717, 1.165) is 30.3 Å². The summed E-state index contributed by atoms with van der Waals surface area (Å²) in [6.07, 6.45) is 4.10. The Morgan fingerprint density at radius 2 is 2.00 bits per heavy atom. The molecule has 0 radical (unpaired) electrons. The number of carbonyl (C=O) groups is 1. The van der Waals surface area contributed by atoms with Crippen LogP contribution in [0.2, 0.25) is 0 Å². The predicted octanol–water partition coefficient (Wildman–Crippen LogP) is 3.59. The molecular formula is C23H29N5O2. The molecule has 0 bridgehead atoms. The minimum atomic E-state index is -0.224. The normalized spacial score (nSPS) is 16.5. The van der Waals surface area contributed by atoms with Crippen LogP contribution in [0.4, 0.5) is 0 Å². The number of aryl methyl sites for hydroxylation is 1. The zero-order valence-electron chi connectivity index (χ0n) is 17.8. The Hall–Kier alpha value is -2.93. The summed E-state index contributed by atoms with van der Waals surface area (Å²) >= 11 is 0. The lowest BCUT2D eigenvalue weighted by atomic mass is 9.95. The van der Waals surface area contributed by atoms with Gasteiger partial charge in [-0.2, -0.15) is 5.10 Å². The molecule has 1 N–H and O–H groups in total. The van der Waals surface area contributed by atoms with E-state index in [1.807, 2.05) is 20.0 Å². The second-order valence-electron chi connectivity index (χ2n) is 8.20.